The maximum absolute atomic E-state index is 5.65. The van der Waals surface area contributed by atoms with Crippen LogP contribution < -0.4 is 4.74 Å². The molecule has 116 valence electrons. The molecule has 0 N–H and O–H groups in total. The van der Waals surface area contributed by atoms with E-state index >= 15 is 0 Å². The lowest BCUT2D eigenvalue weighted by molar-refractivity contribution is 0.398. The number of fused-ring (bicyclic) bond motifs is 1. The van der Waals surface area contributed by atoms with Crippen molar-refractivity contribution in [1.29, 1.82) is 0 Å². The third-order valence-corrected chi connectivity index (χ3v) is 4.03. The van der Waals surface area contributed by atoms with Gasteiger partial charge in [0.1, 0.15) is 5.75 Å². The van der Waals surface area contributed by atoms with Crippen LogP contribution in [-0.4, -0.2) is 37.2 Å². The van der Waals surface area contributed by atoms with Gasteiger partial charge in [0.25, 0.3) is 0 Å². The van der Waals surface area contributed by atoms with Crippen LogP contribution in [0.1, 0.15) is 31.9 Å². The lowest BCUT2D eigenvalue weighted by atomic mass is 9.85. The number of nitrogens with zero attached hydrogens (tertiary/aromatic N) is 2. The van der Waals surface area contributed by atoms with Gasteiger partial charge in [-0.15, -0.1) is 0 Å². The third kappa shape index (κ3) is 3.24. The maximum Gasteiger partial charge on any atom is 0.123 e. The summed E-state index contributed by atoms with van der Waals surface area (Å²) in [7, 11) is 8.12. The Kier molecular flexibility index (Phi) is 4.33. The highest BCUT2D eigenvalue weighted by atomic mass is 16.5. The molecule has 0 bridgehead atoms. The van der Waals surface area contributed by atoms with E-state index in [1.165, 1.54) is 22.0 Å². The number of hydrogen-bond acceptors (Lipinski definition) is 2. The molecule has 0 aliphatic carbocycles. The summed E-state index contributed by atoms with van der Waals surface area (Å²) < 4.78 is 7.88. The van der Waals surface area contributed by atoms with Crippen molar-refractivity contribution in [1.82, 2.24) is 9.47 Å². The van der Waals surface area contributed by atoms with Gasteiger partial charge in [0.2, 0.25) is 0 Å². The van der Waals surface area contributed by atoms with Gasteiger partial charge in [0.05, 0.1) is 7.11 Å². The van der Waals surface area contributed by atoms with Crippen LogP contribution in [0.2, 0.25) is 0 Å². The van der Waals surface area contributed by atoms with Gasteiger partial charge in [-0.1, -0.05) is 20.8 Å². The van der Waals surface area contributed by atoms with Crippen molar-refractivity contribution in [3.05, 3.63) is 29.5 Å². The zero-order valence-corrected chi connectivity index (χ0v) is 14.4. The lowest BCUT2D eigenvalue weighted by Gasteiger charge is -2.22. The standard InChI is InChI=1S/C18H28N2O/c1-18(2,3)15-11-16-14(10-17(15)21-7)13(12-20(16)6)8-9-19(4)5/h10-12H,8-9H2,1-7H3. The molecule has 3 heteroatoms. The molecule has 0 amide bonds. The molecule has 21 heavy (non-hydrogen) atoms. The maximum atomic E-state index is 5.65. The first kappa shape index (κ1) is 15.9. The fourth-order valence-corrected chi connectivity index (χ4v) is 2.79. The molecule has 0 saturated heterocycles. The van der Waals surface area contributed by atoms with Gasteiger partial charge >= 0.3 is 0 Å². The molecular formula is C18H28N2O. The van der Waals surface area contributed by atoms with Crippen LogP contribution in [0.25, 0.3) is 10.9 Å². The van der Waals surface area contributed by atoms with E-state index in [1.807, 2.05) is 0 Å². The van der Waals surface area contributed by atoms with Crippen LogP contribution in [-0.2, 0) is 18.9 Å². The summed E-state index contributed by atoms with van der Waals surface area (Å²) in [5, 5.41) is 1.31. The van der Waals surface area contributed by atoms with Gasteiger partial charge in [-0.3, -0.25) is 0 Å². The van der Waals surface area contributed by atoms with E-state index in [1.54, 1.807) is 7.11 Å². The van der Waals surface area contributed by atoms with E-state index in [9.17, 15) is 0 Å². The Balaban J connectivity index is 2.57. The Labute approximate surface area is 128 Å². The SMILES string of the molecule is COc1cc2c(CCN(C)C)cn(C)c2cc1C(C)(C)C. The number of aromatic nitrogens is 1. The van der Waals surface area contributed by atoms with E-state index in [-0.39, 0.29) is 5.41 Å². The minimum Gasteiger partial charge on any atom is -0.496 e. The predicted octanol–water partition coefficient (Wildman–Crippen LogP) is 3.59. The first-order valence-electron chi connectivity index (χ1n) is 7.55. The van der Waals surface area contributed by atoms with Crippen molar-refractivity contribution in [2.45, 2.75) is 32.6 Å². The van der Waals surface area contributed by atoms with Crippen molar-refractivity contribution in [3.8, 4) is 5.75 Å². The van der Waals surface area contributed by atoms with E-state index in [0.717, 1.165) is 18.7 Å². The zero-order chi connectivity index (χ0) is 15.8. The molecule has 0 aliphatic heterocycles. The largest absolute Gasteiger partial charge is 0.496 e. The molecule has 0 fully saturated rings. The van der Waals surface area contributed by atoms with E-state index < -0.39 is 0 Å². The summed E-state index contributed by atoms with van der Waals surface area (Å²) in [6, 6.07) is 4.49. The molecule has 0 radical (unpaired) electrons. The van der Waals surface area contributed by atoms with E-state index in [2.05, 4.69) is 69.7 Å². The lowest BCUT2D eigenvalue weighted by Crippen LogP contribution is -2.15. The van der Waals surface area contributed by atoms with Gasteiger partial charge in [-0.2, -0.15) is 0 Å². The highest BCUT2D eigenvalue weighted by Gasteiger charge is 2.21. The highest BCUT2D eigenvalue weighted by Crippen LogP contribution is 2.36. The third-order valence-electron chi connectivity index (χ3n) is 4.03. The number of rotatable bonds is 4. The number of likely N-dealkylation sites (N-methyl/N-ethyl adjacent to an activating group) is 1. The molecule has 0 unspecified atom stereocenters. The fourth-order valence-electron chi connectivity index (χ4n) is 2.79. The summed E-state index contributed by atoms with van der Waals surface area (Å²) >= 11 is 0. The molecule has 3 nitrogen and oxygen atoms in total. The first-order valence-corrected chi connectivity index (χ1v) is 7.55. The Hall–Kier alpha value is -1.48. The quantitative estimate of drug-likeness (QED) is 0.855. The number of hydrogen-bond donors (Lipinski definition) is 0. The number of ether oxygens (including phenoxy) is 1. The van der Waals surface area contributed by atoms with Gasteiger partial charge in [0, 0.05) is 36.3 Å². The van der Waals surface area contributed by atoms with Crippen molar-refractivity contribution < 1.29 is 4.74 Å². The second-order valence-electron chi connectivity index (χ2n) is 7.14. The van der Waals surface area contributed by atoms with Gasteiger partial charge in [-0.25, -0.2) is 0 Å². The average molecular weight is 288 g/mol. The molecule has 0 aliphatic rings. The summed E-state index contributed by atoms with van der Waals surface area (Å²) in [4.78, 5) is 2.22. The fraction of sp³-hybridized carbons (Fsp3) is 0.556. The second kappa shape index (κ2) is 5.72. The van der Waals surface area contributed by atoms with E-state index in [4.69, 9.17) is 4.74 Å². The van der Waals surface area contributed by atoms with Crippen LogP contribution in [0.4, 0.5) is 0 Å². The zero-order valence-electron chi connectivity index (χ0n) is 14.4. The minimum absolute atomic E-state index is 0.0770. The average Bonchev–Trinajstić information content (AvgIpc) is 2.70. The molecule has 0 atom stereocenters. The van der Waals surface area contributed by atoms with Crippen molar-refractivity contribution in [2.75, 3.05) is 27.7 Å². The number of aryl methyl sites for hydroxylation is 1. The van der Waals surface area contributed by atoms with Crippen molar-refractivity contribution in [2.24, 2.45) is 7.05 Å². The molecule has 1 aromatic carbocycles. The van der Waals surface area contributed by atoms with Crippen LogP contribution in [0.5, 0.6) is 5.75 Å². The molecule has 1 aromatic heterocycles. The molecule has 2 rings (SSSR count). The van der Waals surface area contributed by atoms with Crippen LogP contribution in [0.3, 0.4) is 0 Å². The summed E-state index contributed by atoms with van der Waals surface area (Å²) in [6.07, 6.45) is 3.31. The Morgan fingerprint density at radius 1 is 1.19 bits per heavy atom. The molecular weight excluding hydrogens is 260 g/mol. The topological polar surface area (TPSA) is 17.4 Å². The Bertz CT molecular complexity index is 633. The Morgan fingerprint density at radius 3 is 2.38 bits per heavy atom. The summed E-state index contributed by atoms with van der Waals surface area (Å²) in [6.45, 7) is 7.74. The summed E-state index contributed by atoms with van der Waals surface area (Å²) in [5.41, 5.74) is 4.01. The Morgan fingerprint density at radius 2 is 1.86 bits per heavy atom. The summed E-state index contributed by atoms with van der Waals surface area (Å²) in [5.74, 6) is 0.993. The molecule has 2 aromatic rings. The highest BCUT2D eigenvalue weighted by molar-refractivity contribution is 5.86. The molecule has 0 spiro atoms. The predicted molar refractivity (Wildman–Crippen MR) is 90.4 cm³/mol. The van der Waals surface area contributed by atoms with Crippen molar-refractivity contribution in [3.63, 3.8) is 0 Å². The monoisotopic (exact) mass is 288 g/mol. The van der Waals surface area contributed by atoms with Gasteiger partial charge in [0.15, 0.2) is 0 Å². The normalized spacial score (nSPS) is 12.4. The molecule has 0 saturated carbocycles. The van der Waals surface area contributed by atoms with Gasteiger partial charge in [-0.05, 0) is 43.6 Å². The minimum atomic E-state index is 0.0770. The number of benzene rings is 1. The van der Waals surface area contributed by atoms with Crippen LogP contribution in [0.15, 0.2) is 18.3 Å². The smallest absolute Gasteiger partial charge is 0.123 e. The van der Waals surface area contributed by atoms with E-state index in [0.29, 0.717) is 0 Å². The van der Waals surface area contributed by atoms with Crippen LogP contribution in [0, 0.1) is 0 Å². The molecule has 1 heterocycles. The van der Waals surface area contributed by atoms with Crippen LogP contribution >= 0.6 is 0 Å². The number of methoxy groups -OCH3 is 1. The van der Waals surface area contributed by atoms with Gasteiger partial charge < -0.3 is 14.2 Å². The first-order chi connectivity index (χ1) is 9.74. The second-order valence-corrected chi connectivity index (χ2v) is 7.14. The van der Waals surface area contributed by atoms with Crippen molar-refractivity contribution >= 4 is 10.9 Å².